The molecule has 0 N–H and O–H groups in total. The van der Waals surface area contributed by atoms with Gasteiger partial charge in [-0.1, -0.05) is 6.92 Å². The van der Waals surface area contributed by atoms with Gasteiger partial charge in [-0.3, -0.25) is 4.79 Å². The van der Waals surface area contributed by atoms with Gasteiger partial charge in [0.2, 0.25) is 0 Å². The summed E-state index contributed by atoms with van der Waals surface area (Å²) >= 11 is 0. The third-order valence-corrected chi connectivity index (χ3v) is 7.88. The summed E-state index contributed by atoms with van der Waals surface area (Å²) in [7, 11) is -3.13. The Kier molecular flexibility index (Phi) is 7.08. The Morgan fingerprint density at radius 3 is 2.53 bits per heavy atom. The molecule has 2 fully saturated rings. The number of hydrogen-bond donors (Lipinski definition) is 0. The van der Waals surface area contributed by atoms with E-state index in [2.05, 4.69) is 4.90 Å². The molecule has 2 aromatic rings. The second kappa shape index (κ2) is 9.98. The second-order valence-corrected chi connectivity index (χ2v) is 10.9. The Labute approximate surface area is 190 Å². The maximum atomic E-state index is 13.4. The zero-order valence-electron chi connectivity index (χ0n) is 18.7. The van der Waals surface area contributed by atoms with E-state index in [1.165, 1.54) is 6.42 Å². The lowest BCUT2D eigenvalue weighted by Gasteiger charge is -2.28. The first-order valence-corrected chi connectivity index (χ1v) is 13.4. The molecule has 8 heteroatoms. The Hall–Kier alpha value is -2.48. The van der Waals surface area contributed by atoms with E-state index in [1.807, 2.05) is 19.1 Å². The van der Waals surface area contributed by atoms with Crippen LogP contribution in [0.3, 0.4) is 0 Å². The average molecular weight is 461 g/mol. The minimum Gasteiger partial charge on any atom is -0.494 e. The predicted molar refractivity (Wildman–Crippen MR) is 124 cm³/mol. The third-order valence-electron chi connectivity index (χ3n) is 6.13. The van der Waals surface area contributed by atoms with Crippen molar-refractivity contribution in [3.05, 3.63) is 47.7 Å². The zero-order chi connectivity index (χ0) is 22.6. The molecule has 1 aromatic heterocycles. The van der Waals surface area contributed by atoms with Gasteiger partial charge in [0.25, 0.3) is 5.91 Å². The van der Waals surface area contributed by atoms with E-state index >= 15 is 0 Å². The van der Waals surface area contributed by atoms with Gasteiger partial charge in [0.05, 0.1) is 24.7 Å². The number of nitrogens with zero attached hydrogens (tertiary/aromatic N) is 2. The lowest BCUT2D eigenvalue weighted by molar-refractivity contribution is 0.0666. The fourth-order valence-corrected chi connectivity index (χ4v) is 6.10. The zero-order valence-corrected chi connectivity index (χ0v) is 19.5. The molecule has 7 nitrogen and oxygen atoms in total. The Morgan fingerprint density at radius 2 is 1.88 bits per heavy atom. The average Bonchev–Trinajstić information content (AvgIpc) is 3.42. The van der Waals surface area contributed by atoms with Gasteiger partial charge in [-0.15, -0.1) is 0 Å². The highest BCUT2D eigenvalue weighted by molar-refractivity contribution is 7.91. The monoisotopic (exact) mass is 460 g/mol. The van der Waals surface area contributed by atoms with Crippen LogP contribution in [0.25, 0.3) is 0 Å². The van der Waals surface area contributed by atoms with Crippen LogP contribution in [0.2, 0.25) is 0 Å². The minimum absolute atomic E-state index is 0.00384. The molecule has 0 saturated carbocycles. The molecule has 2 aliphatic rings. The van der Waals surface area contributed by atoms with E-state index < -0.39 is 9.84 Å². The molecule has 0 aliphatic carbocycles. The second-order valence-electron chi connectivity index (χ2n) is 8.65. The number of hydrogen-bond acceptors (Lipinski definition) is 6. The van der Waals surface area contributed by atoms with Crippen LogP contribution >= 0.6 is 0 Å². The SMILES string of the molecule is CCCOc1ccc(C(=O)N(Cc2ccc(N3CCCCC3)o2)C2CCS(=O)(=O)C2)cc1. The standard InChI is InChI=1S/C24H32N2O5S/c1-2-15-30-21-8-6-19(7-9-21)24(27)26(20-12-16-32(28,29)18-20)17-22-10-11-23(31-22)25-13-4-3-5-14-25/h6-11,20H,2-5,12-18H2,1H3. The van der Waals surface area contributed by atoms with Gasteiger partial charge in [-0.05, 0) is 62.4 Å². The van der Waals surface area contributed by atoms with Crippen LogP contribution in [0.5, 0.6) is 5.75 Å². The van der Waals surface area contributed by atoms with Crippen LogP contribution in [0.1, 0.15) is 55.1 Å². The van der Waals surface area contributed by atoms with E-state index in [0.29, 0.717) is 24.4 Å². The Balaban J connectivity index is 1.52. The Bertz CT molecular complexity index is 1010. The molecule has 1 unspecified atom stereocenters. The molecular weight excluding hydrogens is 428 g/mol. The summed E-state index contributed by atoms with van der Waals surface area (Å²) in [4.78, 5) is 17.3. The van der Waals surface area contributed by atoms with E-state index in [1.54, 1.807) is 29.2 Å². The topological polar surface area (TPSA) is 80.1 Å². The van der Waals surface area contributed by atoms with Crippen LogP contribution in [0.15, 0.2) is 40.8 Å². The number of amides is 1. The lowest BCUT2D eigenvalue weighted by atomic mass is 10.1. The smallest absolute Gasteiger partial charge is 0.254 e. The van der Waals surface area contributed by atoms with Gasteiger partial charge in [-0.2, -0.15) is 0 Å². The Morgan fingerprint density at radius 1 is 1.12 bits per heavy atom. The van der Waals surface area contributed by atoms with Crippen molar-refractivity contribution >= 4 is 21.6 Å². The number of sulfone groups is 1. The molecule has 0 radical (unpaired) electrons. The summed E-state index contributed by atoms with van der Waals surface area (Å²) in [6.45, 7) is 4.86. The normalized spacial score (nSPS) is 20.3. The highest BCUT2D eigenvalue weighted by atomic mass is 32.2. The van der Waals surface area contributed by atoms with Gasteiger partial charge in [0.1, 0.15) is 11.5 Å². The third kappa shape index (κ3) is 5.46. The number of ether oxygens (including phenoxy) is 1. The van der Waals surface area contributed by atoms with Crippen LogP contribution in [-0.2, 0) is 16.4 Å². The van der Waals surface area contributed by atoms with E-state index in [-0.39, 0.29) is 30.0 Å². The molecule has 1 aromatic carbocycles. The molecule has 32 heavy (non-hydrogen) atoms. The quantitative estimate of drug-likeness (QED) is 0.595. The fourth-order valence-electron chi connectivity index (χ4n) is 4.37. The van der Waals surface area contributed by atoms with Gasteiger partial charge < -0.3 is 19.0 Å². The molecule has 2 saturated heterocycles. The molecule has 3 heterocycles. The van der Waals surface area contributed by atoms with Gasteiger partial charge in [-0.25, -0.2) is 8.42 Å². The first-order chi connectivity index (χ1) is 15.4. The maximum absolute atomic E-state index is 13.4. The van der Waals surface area contributed by atoms with E-state index in [0.717, 1.165) is 44.0 Å². The van der Waals surface area contributed by atoms with Crippen molar-refractivity contribution in [3.63, 3.8) is 0 Å². The summed E-state index contributed by atoms with van der Waals surface area (Å²) in [5.74, 6) is 2.13. The van der Waals surface area contributed by atoms with Crippen molar-refractivity contribution in [1.82, 2.24) is 4.90 Å². The van der Waals surface area contributed by atoms with Gasteiger partial charge in [0.15, 0.2) is 15.7 Å². The van der Waals surface area contributed by atoms with Crippen molar-refractivity contribution in [1.29, 1.82) is 0 Å². The van der Waals surface area contributed by atoms with Crippen molar-refractivity contribution in [3.8, 4) is 5.75 Å². The summed E-state index contributed by atoms with van der Waals surface area (Å²) in [5, 5.41) is 0. The van der Waals surface area contributed by atoms with Crippen molar-refractivity contribution in [2.24, 2.45) is 0 Å². The largest absolute Gasteiger partial charge is 0.494 e. The molecule has 4 rings (SSSR count). The maximum Gasteiger partial charge on any atom is 0.254 e. The van der Waals surface area contributed by atoms with E-state index in [9.17, 15) is 13.2 Å². The first-order valence-electron chi connectivity index (χ1n) is 11.5. The first kappa shape index (κ1) is 22.7. The number of rotatable bonds is 8. The molecule has 174 valence electrons. The summed E-state index contributed by atoms with van der Waals surface area (Å²) in [6, 6.07) is 10.5. The molecule has 1 amide bonds. The van der Waals surface area contributed by atoms with Crippen LogP contribution < -0.4 is 9.64 Å². The predicted octanol–water partition coefficient (Wildman–Crippen LogP) is 3.89. The number of benzene rings is 1. The van der Waals surface area contributed by atoms with Gasteiger partial charge >= 0.3 is 0 Å². The van der Waals surface area contributed by atoms with E-state index in [4.69, 9.17) is 9.15 Å². The number of piperidine rings is 1. The van der Waals surface area contributed by atoms with Gasteiger partial charge in [0, 0.05) is 30.8 Å². The lowest BCUT2D eigenvalue weighted by Crippen LogP contribution is -2.40. The van der Waals surface area contributed by atoms with Crippen LogP contribution in [-0.4, -0.2) is 56.5 Å². The fraction of sp³-hybridized carbons (Fsp3) is 0.542. The molecule has 0 bridgehead atoms. The summed E-state index contributed by atoms with van der Waals surface area (Å²) in [5.41, 5.74) is 0.515. The molecule has 0 spiro atoms. The minimum atomic E-state index is -3.13. The van der Waals surface area contributed by atoms with Crippen LogP contribution in [0.4, 0.5) is 5.88 Å². The number of furan rings is 1. The van der Waals surface area contributed by atoms with Crippen molar-refractivity contribution in [2.75, 3.05) is 36.1 Å². The van der Waals surface area contributed by atoms with Crippen molar-refractivity contribution in [2.45, 2.75) is 51.6 Å². The highest BCUT2D eigenvalue weighted by Gasteiger charge is 2.35. The van der Waals surface area contributed by atoms with Crippen LogP contribution in [0, 0.1) is 0 Å². The summed E-state index contributed by atoms with van der Waals surface area (Å²) < 4.78 is 35.9. The summed E-state index contributed by atoms with van der Waals surface area (Å²) in [6.07, 6.45) is 4.90. The highest BCUT2D eigenvalue weighted by Crippen LogP contribution is 2.27. The number of carbonyl (C=O) groups excluding carboxylic acids is 1. The number of carbonyl (C=O) groups is 1. The van der Waals surface area contributed by atoms with Crippen molar-refractivity contribution < 1.29 is 22.4 Å². The molecule has 1 atom stereocenters. The number of anilines is 1. The molecular formula is C24H32N2O5S. The molecule has 2 aliphatic heterocycles.